The van der Waals surface area contributed by atoms with Crippen molar-refractivity contribution < 1.29 is 28.6 Å². The van der Waals surface area contributed by atoms with Gasteiger partial charge in [-0.15, -0.1) is 0 Å². The van der Waals surface area contributed by atoms with E-state index in [-0.39, 0.29) is 31.1 Å². The van der Waals surface area contributed by atoms with Crippen LogP contribution in [0, 0.1) is 0 Å². The summed E-state index contributed by atoms with van der Waals surface area (Å²) in [7, 11) is 0. The van der Waals surface area contributed by atoms with Crippen molar-refractivity contribution in [3.8, 4) is 0 Å². The maximum absolute atomic E-state index is 12.8. The smallest absolute Gasteiger partial charge is 0.306 e. The van der Waals surface area contributed by atoms with E-state index < -0.39 is 6.10 Å². The summed E-state index contributed by atoms with van der Waals surface area (Å²) in [5, 5.41) is 0. The fourth-order valence-corrected chi connectivity index (χ4v) is 6.68. The Labute approximate surface area is 375 Å². The molecule has 0 bridgehead atoms. The van der Waals surface area contributed by atoms with Crippen LogP contribution in [0.5, 0.6) is 0 Å². The predicted octanol–water partition coefficient (Wildman–Crippen LogP) is 16.4. The van der Waals surface area contributed by atoms with Gasteiger partial charge >= 0.3 is 17.9 Å². The molecule has 0 N–H and O–H groups in total. The van der Waals surface area contributed by atoms with Crippen LogP contribution in [0.15, 0.2) is 85.1 Å². The molecule has 0 rings (SSSR count). The van der Waals surface area contributed by atoms with Gasteiger partial charge in [0.05, 0.1) is 0 Å². The zero-order valence-electron chi connectivity index (χ0n) is 39.7. The number of hydrogen-bond donors (Lipinski definition) is 0. The van der Waals surface area contributed by atoms with Gasteiger partial charge in [-0.3, -0.25) is 14.4 Å². The van der Waals surface area contributed by atoms with Crippen LogP contribution >= 0.6 is 0 Å². The van der Waals surface area contributed by atoms with Gasteiger partial charge in [0, 0.05) is 19.3 Å². The van der Waals surface area contributed by atoms with E-state index in [9.17, 15) is 14.4 Å². The zero-order valence-corrected chi connectivity index (χ0v) is 39.7. The molecule has 0 aliphatic rings. The summed E-state index contributed by atoms with van der Waals surface area (Å²) in [5.41, 5.74) is 0. The van der Waals surface area contributed by atoms with E-state index in [1.165, 1.54) is 64.2 Å². The van der Waals surface area contributed by atoms with Crippen LogP contribution in [0.25, 0.3) is 0 Å². The first kappa shape index (κ1) is 57.6. The summed E-state index contributed by atoms with van der Waals surface area (Å²) < 4.78 is 16.7. The van der Waals surface area contributed by atoms with Crippen LogP contribution in [0.1, 0.15) is 226 Å². The molecule has 0 aliphatic heterocycles. The molecular formula is C55H92O6. The van der Waals surface area contributed by atoms with Crippen molar-refractivity contribution >= 4 is 17.9 Å². The highest BCUT2D eigenvalue weighted by atomic mass is 16.6. The average molecular weight is 849 g/mol. The first-order valence-corrected chi connectivity index (χ1v) is 25.1. The van der Waals surface area contributed by atoms with Crippen molar-refractivity contribution in [2.75, 3.05) is 13.2 Å². The second-order valence-corrected chi connectivity index (χ2v) is 16.3. The minimum atomic E-state index is -0.798. The zero-order chi connectivity index (χ0) is 44.4. The molecule has 0 radical (unpaired) electrons. The Morgan fingerprint density at radius 2 is 0.639 bits per heavy atom. The first-order valence-electron chi connectivity index (χ1n) is 25.1. The van der Waals surface area contributed by atoms with Crippen molar-refractivity contribution in [1.82, 2.24) is 0 Å². The van der Waals surface area contributed by atoms with E-state index >= 15 is 0 Å². The number of hydrogen-bond acceptors (Lipinski definition) is 6. The molecule has 348 valence electrons. The Hall–Kier alpha value is -3.41. The molecule has 6 nitrogen and oxygen atoms in total. The Morgan fingerprint density at radius 1 is 0.344 bits per heavy atom. The van der Waals surface area contributed by atoms with Crippen LogP contribution < -0.4 is 0 Å². The molecule has 0 fully saturated rings. The summed E-state index contributed by atoms with van der Waals surface area (Å²) in [6, 6.07) is 0. The number of carbonyl (C=O) groups excluding carboxylic acids is 3. The molecule has 1 atom stereocenters. The van der Waals surface area contributed by atoms with Gasteiger partial charge in [-0.2, -0.15) is 0 Å². The molecule has 0 saturated carbocycles. The van der Waals surface area contributed by atoms with Crippen molar-refractivity contribution in [2.24, 2.45) is 0 Å². The van der Waals surface area contributed by atoms with E-state index in [1.807, 2.05) is 0 Å². The lowest BCUT2D eigenvalue weighted by Crippen LogP contribution is -2.30. The third-order valence-electron chi connectivity index (χ3n) is 10.4. The Balaban J connectivity index is 4.47. The highest BCUT2D eigenvalue weighted by Crippen LogP contribution is 2.14. The molecule has 0 aromatic heterocycles. The number of carbonyl (C=O) groups is 3. The molecule has 0 amide bonds. The van der Waals surface area contributed by atoms with Crippen LogP contribution in [0.3, 0.4) is 0 Å². The summed E-state index contributed by atoms with van der Waals surface area (Å²) in [6.07, 6.45) is 62.8. The largest absolute Gasteiger partial charge is 0.462 e. The molecule has 0 saturated heterocycles. The minimum absolute atomic E-state index is 0.0980. The maximum Gasteiger partial charge on any atom is 0.306 e. The van der Waals surface area contributed by atoms with Gasteiger partial charge in [0.2, 0.25) is 0 Å². The number of unbranched alkanes of at least 4 members (excludes halogenated alkanes) is 19. The van der Waals surface area contributed by atoms with E-state index in [2.05, 4.69) is 106 Å². The molecular weight excluding hydrogens is 757 g/mol. The van der Waals surface area contributed by atoms with Gasteiger partial charge < -0.3 is 14.2 Å². The fraction of sp³-hybridized carbons (Fsp3) is 0.691. The third-order valence-corrected chi connectivity index (χ3v) is 10.4. The predicted molar refractivity (Wildman–Crippen MR) is 261 cm³/mol. The average Bonchev–Trinajstić information content (AvgIpc) is 3.26. The number of rotatable bonds is 44. The monoisotopic (exact) mass is 849 g/mol. The summed E-state index contributed by atoms with van der Waals surface area (Å²) in [6.45, 7) is 6.35. The van der Waals surface area contributed by atoms with Gasteiger partial charge in [-0.1, -0.05) is 202 Å². The van der Waals surface area contributed by atoms with Gasteiger partial charge in [-0.05, 0) is 89.9 Å². The lowest BCUT2D eigenvalue weighted by molar-refractivity contribution is -0.167. The summed E-state index contributed by atoms with van der Waals surface area (Å²) in [5.74, 6) is -0.957. The molecule has 0 spiro atoms. The third kappa shape index (κ3) is 47.5. The molecule has 0 aromatic carbocycles. The Morgan fingerprint density at radius 3 is 1.03 bits per heavy atom. The lowest BCUT2D eigenvalue weighted by Gasteiger charge is -2.18. The molecule has 0 unspecified atom stereocenters. The molecule has 61 heavy (non-hydrogen) atoms. The van der Waals surface area contributed by atoms with E-state index in [0.717, 1.165) is 122 Å². The second kappa shape index (κ2) is 49.2. The standard InChI is InChI=1S/C55H92O6/c1-4-7-10-13-16-19-22-25-27-30-32-35-38-41-44-47-53(56)59-50-52(61-55(58)49-46-43-40-37-34-29-24-21-18-15-12-9-6-3)51-60-54(57)48-45-42-39-36-33-31-28-26-23-20-17-14-11-8-5-2/h7-8,10-11,16-17,19-20,25-28,32,35,52H,4-6,9,12-15,18,21-24,29-31,33-34,36-51H2,1-3H3/b10-7-,11-8-,19-16-,20-17-,27-25-,28-26-,35-32-/t52-/m1/s1. The SMILES string of the molecule is CC/C=C\C/C=C\C/C=C\C/C=C\CCCCC(=O)OC[C@H](COC(=O)CCCCCCC/C=C\C/C=C\C/C=C\CC)OC(=O)CCCCCCCCCCCCCCC. The molecule has 6 heteroatoms. The van der Waals surface area contributed by atoms with E-state index in [4.69, 9.17) is 14.2 Å². The normalized spacial score (nSPS) is 12.8. The molecule has 0 aromatic rings. The molecule has 0 heterocycles. The Bertz CT molecular complexity index is 1200. The van der Waals surface area contributed by atoms with Crippen molar-refractivity contribution in [3.05, 3.63) is 85.1 Å². The number of esters is 3. The molecule has 0 aliphatic carbocycles. The van der Waals surface area contributed by atoms with Crippen molar-refractivity contribution in [1.29, 1.82) is 0 Å². The van der Waals surface area contributed by atoms with Crippen LogP contribution in [0.4, 0.5) is 0 Å². The van der Waals surface area contributed by atoms with E-state index in [0.29, 0.717) is 19.3 Å². The van der Waals surface area contributed by atoms with Crippen molar-refractivity contribution in [3.63, 3.8) is 0 Å². The lowest BCUT2D eigenvalue weighted by atomic mass is 10.0. The number of ether oxygens (including phenoxy) is 3. The highest BCUT2D eigenvalue weighted by Gasteiger charge is 2.19. The fourth-order valence-electron chi connectivity index (χ4n) is 6.68. The second-order valence-electron chi connectivity index (χ2n) is 16.3. The summed E-state index contributed by atoms with van der Waals surface area (Å²) in [4.78, 5) is 37.9. The van der Waals surface area contributed by atoms with Crippen LogP contribution in [0.2, 0.25) is 0 Å². The van der Waals surface area contributed by atoms with Gasteiger partial charge in [0.1, 0.15) is 13.2 Å². The van der Waals surface area contributed by atoms with Gasteiger partial charge in [0.25, 0.3) is 0 Å². The summed E-state index contributed by atoms with van der Waals surface area (Å²) >= 11 is 0. The number of allylic oxidation sites excluding steroid dienone is 14. The highest BCUT2D eigenvalue weighted by molar-refractivity contribution is 5.71. The van der Waals surface area contributed by atoms with Crippen LogP contribution in [-0.2, 0) is 28.6 Å². The maximum atomic E-state index is 12.8. The Kier molecular flexibility index (Phi) is 46.5. The van der Waals surface area contributed by atoms with E-state index in [1.54, 1.807) is 0 Å². The quantitative estimate of drug-likeness (QED) is 0.0263. The van der Waals surface area contributed by atoms with Gasteiger partial charge in [0.15, 0.2) is 6.10 Å². The topological polar surface area (TPSA) is 78.9 Å². The van der Waals surface area contributed by atoms with Crippen molar-refractivity contribution in [2.45, 2.75) is 232 Å². The minimum Gasteiger partial charge on any atom is -0.462 e. The van der Waals surface area contributed by atoms with Crippen LogP contribution in [-0.4, -0.2) is 37.2 Å². The first-order chi connectivity index (χ1) is 30.0. The van der Waals surface area contributed by atoms with Gasteiger partial charge in [-0.25, -0.2) is 0 Å².